The minimum Gasteiger partial charge on any atom is -0.458 e. The second-order valence-electron chi connectivity index (χ2n) is 7.38. The Balaban J connectivity index is 1.67. The molecule has 1 aliphatic rings. The summed E-state index contributed by atoms with van der Waals surface area (Å²) in [5.41, 5.74) is 0.539. The number of nitrogens with zero attached hydrogens (tertiary/aromatic N) is 5. The molecule has 1 amide bonds. The molecular formula is C24H20ClN5O2. The molecule has 1 heterocycles. The highest BCUT2D eigenvalue weighted by molar-refractivity contribution is 6.30. The van der Waals surface area contributed by atoms with Gasteiger partial charge in [-0.3, -0.25) is 4.79 Å². The minimum absolute atomic E-state index is 0.0534. The van der Waals surface area contributed by atoms with Crippen LogP contribution in [0.5, 0.6) is 5.75 Å². The average Bonchev–Trinajstić information content (AvgIpc) is 3.34. The molecule has 0 N–H and O–H groups in total. The molecule has 2 unspecified atom stereocenters. The van der Waals surface area contributed by atoms with E-state index >= 15 is 0 Å². The van der Waals surface area contributed by atoms with Gasteiger partial charge in [0.1, 0.15) is 35.6 Å². The Hall–Kier alpha value is -3.89. The SMILES string of the molecule is CC(=O)N(C)c1ccc(OC2=CC(n3cncn3)C(C#N)(c3ccc(Cl)cc3)C=C2)cc1. The number of carbonyl (C=O) groups excluding carboxylic acids is 1. The number of amides is 1. The summed E-state index contributed by atoms with van der Waals surface area (Å²) in [6.07, 6.45) is 8.45. The van der Waals surface area contributed by atoms with Crippen LogP contribution in [-0.4, -0.2) is 27.7 Å². The number of aromatic nitrogens is 3. The first-order valence-corrected chi connectivity index (χ1v) is 10.3. The van der Waals surface area contributed by atoms with Crippen molar-refractivity contribution >= 4 is 23.2 Å². The fourth-order valence-corrected chi connectivity index (χ4v) is 3.71. The summed E-state index contributed by atoms with van der Waals surface area (Å²) >= 11 is 6.05. The second kappa shape index (κ2) is 8.69. The van der Waals surface area contributed by atoms with Crippen LogP contribution in [0.2, 0.25) is 5.02 Å². The largest absolute Gasteiger partial charge is 0.458 e. The van der Waals surface area contributed by atoms with E-state index in [0.717, 1.165) is 11.3 Å². The third-order valence-electron chi connectivity index (χ3n) is 5.46. The molecule has 7 nitrogen and oxygen atoms in total. The van der Waals surface area contributed by atoms with Gasteiger partial charge >= 0.3 is 0 Å². The van der Waals surface area contributed by atoms with Crippen molar-refractivity contribution in [2.24, 2.45) is 0 Å². The van der Waals surface area contributed by atoms with Gasteiger partial charge in [0, 0.05) is 24.7 Å². The highest BCUT2D eigenvalue weighted by Gasteiger charge is 2.42. The topological polar surface area (TPSA) is 84.0 Å². The predicted molar refractivity (Wildman–Crippen MR) is 121 cm³/mol. The maximum Gasteiger partial charge on any atom is 0.223 e. The summed E-state index contributed by atoms with van der Waals surface area (Å²) in [5, 5.41) is 15.1. The number of benzene rings is 2. The number of rotatable bonds is 5. The summed E-state index contributed by atoms with van der Waals surface area (Å²) in [4.78, 5) is 17.2. The van der Waals surface area contributed by atoms with Gasteiger partial charge in [0.05, 0.1) is 6.07 Å². The fourth-order valence-electron chi connectivity index (χ4n) is 3.59. The Morgan fingerprint density at radius 3 is 2.53 bits per heavy atom. The van der Waals surface area contributed by atoms with E-state index in [1.165, 1.54) is 13.3 Å². The van der Waals surface area contributed by atoms with E-state index in [4.69, 9.17) is 16.3 Å². The van der Waals surface area contributed by atoms with Crippen LogP contribution in [0, 0.1) is 11.3 Å². The zero-order valence-electron chi connectivity index (χ0n) is 17.5. The van der Waals surface area contributed by atoms with E-state index < -0.39 is 11.5 Å². The molecular weight excluding hydrogens is 426 g/mol. The Morgan fingerprint density at radius 2 is 1.94 bits per heavy atom. The van der Waals surface area contributed by atoms with E-state index in [2.05, 4.69) is 16.2 Å². The van der Waals surface area contributed by atoms with Gasteiger partial charge in [-0.2, -0.15) is 10.4 Å². The third kappa shape index (κ3) is 4.01. The van der Waals surface area contributed by atoms with Crippen LogP contribution in [0.1, 0.15) is 18.5 Å². The number of nitriles is 1. The van der Waals surface area contributed by atoms with Crippen LogP contribution in [0.4, 0.5) is 5.69 Å². The Morgan fingerprint density at radius 1 is 1.22 bits per heavy atom. The van der Waals surface area contributed by atoms with Gasteiger partial charge in [-0.1, -0.05) is 29.8 Å². The molecule has 1 aromatic heterocycles. The van der Waals surface area contributed by atoms with Crippen LogP contribution < -0.4 is 9.64 Å². The molecule has 0 saturated heterocycles. The van der Waals surface area contributed by atoms with Gasteiger partial charge in [0.25, 0.3) is 0 Å². The molecule has 1 aliphatic carbocycles. The molecule has 0 aliphatic heterocycles. The monoisotopic (exact) mass is 445 g/mol. The van der Waals surface area contributed by atoms with Crippen molar-refractivity contribution in [3.63, 3.8) is 0 Å². The Kier molecular flexibility index (Phi) is 5.80. The van der Waals surface area contributed by atoms with Crippen molar-refractivity contribution in [3.05, 3.63) is 95.8 Å². The number of carbonyl (C=O) groups is 1. The molecule has 32 heavy (non-hydrogen) atoms. The average molecular weight is 446 g/mol. The predicted octanol–water partition coefficient (Wildman–Crippen LogP) is 4.45. The number of allylic oxidation sites excluding steroid dienone is 3. The first-order chi connectivity index (χ1) is 15.4. The van der Waals surface area contributed by atoms with Crippen LogP contribution in [-0.2, 0) is 10.2 Å². The van der Waals surface area contributed by atoms with Crippen molar-refractivity contribution in [1.29, 1.82) is 5.26 Å². The lowest BCUT2D eigenvalue weighted by molar-refractivity contribution is -0.116. The zero-order chi connectivity index (χ0) is 22.7. The lowest BCUT2D eigenvalue weighted by Gasteiger charge is -2.33. The fraction of sp³-hybridized carbons (Fsp3) is 0.167. The van der Waals surface area contributed by atoms with Gasteiger partial charge in [0.2, 0.25) is 5.91 Å². The second-order valence-corrected chi connectivity index (χ2v) is 7.82. The maximum absolute atomic E-state index is 11.5. The van der Waals surface area contributed by atoms with Gasteiger partial charge in [-0.05, 0) is 54.1 Å². The third-order valence-corrected chi connectivity index (χ3v) is 5.71. The molecule has 2 aromatic carbocycles. The molecule has 0 bridgehead atoms. The van der Waals surface area contributed by atoms with E-state index in [-0.39, 0.29) is 5.91 Å². The lowest BCUT2D eigenvalue weighted by atomic mass is 9.73. The van der Waals surface area contributed by atoms with Crippen LogP contribution in [0.15, 0.2) is 85.2 Å². The number of ether oxygens (including phenoxy) is 1. The summed E-state index contributed by atoms with van der Waals surface area (Å²) in [7, 11) is 1.71. The summed E-state index contributed by atoms with van der Waals surface area (Å²) in [6.45, 7) is 1.51. The summed E-state index contributed by atoms with van der Waals surface area (Å²) in [6, 6.07) is 16.4. The van der Waals surface area contributed by atoms with E-state index in [0.29, 0.717) is 16.5 Å². The van der Waals surface area contributed by atoms with Gasteiger partial charge in [-0.15, -0.1) is 0 Å². The van der Waals surface area contributed by atoms with Crippen molar-refractivity contribution < 1.29 is 9.53 Å². The van der Waals surface area contributed by atoms with E-state index in [9.17, 15) is 10.1 Å². The van der Waals surface area contributed by atoms with Crippen LogP contribution in [0.25, 0.3) is 0 Å². The molecule has 0 spiro atoms. The number of anilines is 1. The lowest BCUT2D eigenvalue weighted by Crippen LogP contribution is -2.35. The molecule has 0 saturated carbocycles. The Labute approximate surface area is 190 Å². The molecule has 8 heteroatoms. The minimum atomic E-state index is -1.01. The highest BCUT2D eigenvalue weighted by Crippen LogP contribution is 2.41. The van der Waals surface area contributed by atoms with Crippen molar-refractivity contribution in [3.8, 4) is 11.8 Å². The van der Waals surface area contributed by atoms with Gasteiger partial charge in [0.15, 0.2) is 0 Å². The number of halogens is 1. The van der Waals surface area contributed by atoms with Crippen molar-refractivity contribution in [2.45, 2.75) is 18.4 Å². The standard InChI is InChI=1S/C24H20ClN5O2/c1-17(31)29(2)20-7-9-21(10-8-20)32-22-11-12-24(14-26,18-3-5-19(25)6-4-18)23(13-22)30-16-27-15-28-30/h3-13,15-16,23H,1-2H3. The van der Waals surface area contributed by atoms with Gasteiger partial charge in [-0.25, -0.2) is 9.67 Å². The molecule has 3 aromatic rings. The van der Waals surface area contributed by atoms with E-state index in [1.54, 1.807) is 53.3 Å². The smallest absolute Gasteiger partial charge is 0.223 e. The van der Waals surface area contributed by atoms with Crippen molar-refractivity contribution in [2.75, 3.05) is 11.9 Å². The molecule has 0 fully saturated rings. The molecule has 4 rings (SSSR count). The molecule has 160 valence electrons. The first-order valence-electron chi connectivity index (χ1n) is 9.87. The normalized spacial score (nSPS) is 19.7. The van der Waals surface area contributed by atoms with Crippen molar-refractivity contribution in [1.82, 2.24) is 14.8 Å². The van der Waals surface area contributed by atoms with Crippen LogP contribution in [0.3, 0.4) is 0 Å². The zero-order valence-corrected chi connectivity index (χ0v) is 18.3. The first kappa shape index (κ1) is 21.3. The Bertz CT molecular complexity index is 1210. The summed E-state index contributed by atoms with van der Waals surface area (Å²) in [5.74, 6) is 1.12. The summed E-state index contributed by atoms with van der Waals surface area (Å²) < 4.78 is 7.68. The molecule has 2 atom stereocenters. The quantitative estimate of drug-likeness (QED) is 0.579. The molecule has 0 radical (unpaired) electrons. The highest BCUT2D eigenvalue weighted by atomic mass is 35.5. The van der Waals surface area contributed by atoms with Gasteiger partial charge < -0.3 is 9.64 Å². The number of hydrogen-bond acceptors (Lipinski definition) is 5. The number of hydrogen-bond donors (Lipinski definition) is 0. The maximum atomic E-state index is 11.5. The van der Waals surface area contributed by atoms with Crippen LogP contribution >= 0.6 is 11.6 Å². The van der Waals surface area contributed by atoms with E-state index in [1.807, 2.05) is 36.4 Å².